The van der Waals surface area contributed by atoms with Gasteiger partial charge in [-0.3, -0.25) is 4.79 Å². The van der Waals surface area contributed by atoms with Gasteiger partial charge in [0.25, 0.3) is 5.91 Å². The number of hydrogen-bond acceptors (Lipinski definition) is 2. The molecule has 3 nitrogen and oxygen atoms in total. The second kappa shape index (κ2) is 5.56. The third-order valence-corrected chi connectivity index (χ3v) is 2.76. The van der Waals surface area contributed by atoms with E-state index >= 15 is 0 Å². The normalized spacial score (nSPS) is 13.2. The summed E-state index contributed by atoms with van der Waals surface area (Å²) in [7, 11) is 1.35. The SMILES string of the molecule is CC(CO)N(C)C(=O)c1ccc(F)c(C(F)(F)F)c1. The maximum Gasteiger partial charge on any atom is 0.419 e. The molecule has 0 spiro atoms. The molecule has 0 aliphatic rings. The molecule has 0 heterocycles. The van der Waals surface area contributed by atoms with E-state index in [0.29, 0.717) is 12.1 Å². The maximum absolute atomic E-state index is 13.1. The molecule has 0 aliphatic heterocycles. The number of hydrogen-bond donors (Lipinski definition) is 1. The molecule has 1 atom stereocenters. The van der Waals surface area contributed by atoms with Gasteiger partial charge in [0.1, 0.15) is 5.82 Å². The molecule has 0 saturated carbocycles. The Kier molecular flexibility index (Phi) is 4.52. The lowest BCUT2D eigenvalue weighted by Gasteiger charge is -2.23. The Hall–Kier alpha value is -1.63. The lowest BCUT2D eigenvalue weighted by atomic mass is 10.1. The van der Waals surface area contributed by atoms with Crippen molar-refractivity contribution in [2.45, 2.75) is 19.1 Å². The molecule has 1 rings (SSSR count). The molecule has 0 aliphatic carbocycles. The average molecular weight is 279 g/mol. The predicted octanol–water partition coefficient (Wildman–Crippen LogP) is 2.30. The zero-order chi connectivity index (χ0) is 14.8. The number of benzene rings is 1. The smallest absolute Gasteiger partial charge is 0.394 e. The number of nitrogens with zero attached hydrogens (tertiary/aromatic N) is 1. The Balaban J connectivity index is 3.13. The van der Waals surface area contributed by atoms with Crippen molar-refractivity contribution in [3.05, 3.63) is 35.1 Å². The van der Waals surface area contributed by atoms with E-state index in [0.717, 1.165) is 11.0 Å². The first kappa shape index (κ1) is 15.4. The lowest BCUT2D eigenvalue weighted by molar-refractivity contribution is -0.140. The number of carbonyl (C=O) groups excluding carboxylic acids is 1. The first-order chi connectivity index (χ1) is 8.68. The van der Waals surface area contributed by atoms with Crippen molar-refractivity contribution in [3.8, 4) is 0 Å². The molecule has 1 aromatic carbocycles. The summed E-state index contributed by atoms with van der Waals surface area (Å²) in [4.78, 5) is 13.0. The standard InChI is InChI=1S/C12H13F4NO2/c1-7(6-18)17(2)11(19)8-3-4-10(13)9(5-8)12(14,15)16/h3-5,7,18H,6H2,1-2H3. The quantitative estimate of drug-likeness (QED) is 0.862. The minimum absolute atomic E-state index is 0.281. The zero-order valence-corrected chi connectivity index (χ0v) is 10.3. The Morgan fingerprint density at radius 1 is 1.42 bits per heavy atom. The molecule has 1 aromatic rings. The number of aliphatic hydroxyl groups excluding tert-OH is 1. The van der Waals surface area contributed by atoms with Crippen molar-refractivity contribution in [2.24, 2.45) is 0 Å². The summed E-state index contributed by atoms with van der Waals surface area (Å²) in [6.07, 6.45) is -4.86. The summed E-state index contributed by atoms with van der Waals surface area (Å²) < 4.78 is 50.6. The van der Waals surface area contributed by atoms with E-state index < -0.39 is 29.5 Å². The molecule has 0 radical (unpaired) electrons. The van der Waals surface area contributed by atoms with E-state index in [1.807, 2.05) is 0 Å². The van der Waals surface area contributed by atoms with Crippen LogP contribution in [-0.2, 0) is 6.18 Å². The number of aliphatic hydroxyl groups is 1. The minimum Gasteiger partial charge on any atom is -0.394 e. The number of alkyl halides is 3. The van der Waals surface area contributed by atoms with Gasteiger partial charge in [0, 0.05) is 12.6 Å². The van der Waals surface area contributed by atoms with Crippen LogP contribution in [0.15, 0.2) is 18.2 Å². The van der Waals surface area contributed by atoms with E-state index in [1.54, 1.807) is 0 Å². The Morgan fingerprint density at radius 2 is 2.00 bits per heavy atom. The van der Waals surface area contributed by atoms with Crippen LogP contribution in [0.25, 0.3) is 0 Å². The van der Waals surface area contributed by atoms with Crippen LogP contribution in [0.1, 0.15) is 22.8 Å². The minimum atomic E-state index is -4.86. The lowest BCUT2D eigenvalue weighted by Crippen LogP contribution is -2.37. The van der Waals surface area contributed by atoms with Gasteiger partial charge in [-0.05, 0) is 25.1 Å². The molecule has 0 aromatic heterocycles. The van der Waals surface area contributed by atoms with Crippen LogP contribution in [0.5, 0.6) is 0 Å². The topological polar surface area (TPSA) is 40.5 Å². The van der Waals surface area contributed by atoms with Gasteiger partial charge in [0.05, 0.1) is 18.2 Å². The highest BCUT2D eigenvalue weighted by molar-refractivity contribution is 5.94. The molecule has 1 amide bonds. The molecule has 0 saturated heterocycles. The van der Waals surface area contributed by atoms with Gasteiger partial charge in [0.2, 0.25) is 0 Å². The molecule has 1 unspecified atom stereocenters. The highest BCUT2D eigenvalue weighted by Crippen LogP contribution is 2.32. The predicted molar refractivity (Wildman–Crippen MR) is 60.0 cm³/mol. The summed E-state index contributed by atoms with van der Waals surface area (Å²) in [5.74, 6) is -2.14. The van der Waals surface area contributed by atoms with Gasteiger partial charge in [-0.1, -0.05) is 0 Å². The van der Waals surface area contributed by atoms with Crippen molar-refractivity contribution in [2.75, 3.05) is 13.7 Å². The first-order valence-corrected chi connectivity index (χ1v) is 5.43. The van der Waals surface area contributed by atoms with Gasteiger partial charge in [-0.15, -0.1) is 0 Å². The van der Waals surface area contributed by atoms with Gasteiger partial charge in [0.15, 0.2) is 0 Å². The second-order valence-corrected chi connectivity index (χ2v) is 4.14. The number of amides is 1. The largest absolute Gasteiger partial charge is 0.419 e. The summed E-state index contributed by atoms with van der Waals surface area (Å²) in [6.45, 7) is 1.21. The molecule has 0 fully saturated rings. The van der Waals surface area contributed by atoms with Crippen LogP contribution in [-0.4, -0.2) is 35.6 Å². The first-order valence-electron chi connectivity index (χ1n) is 5.43. The molecule has 19 heavy (non-hydrogen) atoms. The van der Waals surface area contributed by atoms with Crippen molar-refractivity contribution < 1.29 is 27.5 Å². The van der Waals surface area contributed by atoms with Gasteiger partial charge in [-0.25, -0.2) is 4.39 Å². The van der Waals surface area contributed by atoms with Gasteiger partial charge >= 0.3 is 6.18 Å². The fraction of sp³-hybridized carbons (Fsp3) is 0.417. The van der Waals surface area contributed by atoms with E-state index in [-0.39, 0.29) is 12.2 Å². The van der Waals surface area contributed by atoms with Crippen LogP contribution in [0.4, 0.5) is 17.6 Å². The Bertz CT molecular complexity index is 473. The van der Waals surface area contributed by atoms with Gasteiger partial charge in [-0.2, -0.15) is 13.2 Å². The van der Waals surface area contributed by atoms with E-state index in [2.05, 4.69) is 0 Å². The molecule has 7 heteroatoms. The van der Waals surface area contributed by atoms with Crippen molar-refractivity contribution in [3.63, 3.8) is 0 Å². The van der Waals surface area contributed by atoms with Crippen LogP contribution in [0.3, 0.4) is 0 Å². The van der Waals surface area contributed by atoms with Crippen LogP contribution in [0.2, 0.25) is 0 Å². The fourth-order valence-corrected chi connectivity index (χ4v) is 1.40. The summed E-state index contributed by atoms with van der Waals surface area (Å²) in [5, 5.41) is 8.90. The third-order valence-electron chi connectivity index (χ3n) is 2.76. The average Bonchev–Trinajstić information content (AvgIpc) is 2.35. The fourth-order valence-electron chi connectivity index (χ4n) is 1.40. The van der Waals surface area contributed by atoms with Crippen molar-refractivity contribution in [1.29, 1.82) is 0 Å². The summed E-state index contributed by atoms with van der Waals surface area (Å²) in [6, 6.07) is 1.51. The zero-order valence-electron chi connectivity index (χ0n) is 10.3. The molecule has 1 N–H and O–H groups in total. The molecule has 0 bridgehead atoms. The Labute approximate surface area is 107 Å². The van der Waals surface area contributed by atoms with Crippen LogP contribution in [0, 0.1) is 5.82 Å². The van der Waals surface area contributed by atoms with Crippen LogP contribution < -0.4 is 0 Å². The number of rotatable bonds is 3. The van der Waals surface area contributed by atoms with E-state index in [4.69, 9.17) is 5.11 Å². The molecular formula is C12H13F4NO2. The summed E-state index contributed by atoms with van der Waals surface area (Å²) >= 11 is 0. The van der Waals surface area contributed by atoms with Crippen molar-refractivity contribution in [1.82, 2.24) is 4.90 Å². The molecule has 106 valence electrons. The maximum atomic E-state index is 13.1. The monoisotopic (exact) mass is 279 g/mol. The number of carbonyl (C=O) groups is 1. The third kappa shape index (κ3) is 3.44. The van der Waals surface area contributed by atoms with Crippen molar-refractivity contribution >= 4 is 5.91 Å². The molecular weight excluding hydrogens is 266 g/mol. The highest BCUT2D eigenvalue weighted by Gasteiger charge is 2.35. The van der Waals surface area contributed by atoms with Gasteiger partial charge < -0.3 is 10.0 Å². The second-order valence-electron chi connectivity index (χ2n) is 4.14. The van der Waals surface area contributed by atoms with E-state index in [9.17, 15) is 22.4 Å². The van der Waals surface area contributed by atoms with E-state index in [1.165, 1.54) is 14.0 Å². The van der Waals surface area contributed by atoms with Crippen LogP contribution >= 0.6 is 0 Å². The number of halogens is 4. The highest BCUT2D eigenvalue weighted by atomic mass is 19.4. The number of likely N-dealkylation sites (N-methyl/N-ethyl adjacent to an activating group) is 1. The Morgan fingerprint density at radius 3 is 2.47 bits per heavy atom. The summed E-state index contributed by atoms with van der Waals surface area (Å²) in [5.41, 5.74) is -1.76.